The molecular weight excluding hydrogens is 360 g/mol. The lowest BCUT2D eigenvalue weighted by Crippen LogP contribution is -2.27. The summed E-state index contributed by atoms with van der Waals surface area (Å²) in [6.45, 7) is 3.24. The van der Waals surface area contributed by atoms with Crippen LogP contribution in [0.1, 0.15) is 37.3 Å². The molecule has 1 aliphatic rings. The zero-order chi connectivity index (χ0) is 19.3. The molecule has 1 N–H and O–H groups in total. The molecule has 6 heteroatoms. The first kappa shape index (κ1) is 19.6. The van der Waals surface area contributed by atoms with E-state index in [0.717, 1.165) is 24.8 Å². The van der Waals surface area contributed by atoms with Crippen LogP contribution in [0.25, 0.3) is 0 Å². The van der Waals surface area contributed by atoms with Crippen LogP contribution in [0.15, 0.2) is 53.4 Å². The summed E-state index contributed by atoms with van der Waals surface area (Å²) in [4.78, 5) is 12.5. The largest absolute Gasteiger partial charge is 0.326 e. The molecule has 144 valence electrons. The van der Waals surface area contributed by atoms with E-state index in [1.165, 1.54) is 9.87 Å². The van der Waals surface area contributed by atoms with E-state index in [2.05, 4.69) is 36.5 Å². The summed E-state index contributed by atoms with van der Waals surface area (Å²) < 4.78 is 26.8. The zero-order valence-corrected chi connectivity index (χ0v) is 16.5. The van der Waals surface area contributed by atoms with Crippen molar-refractivity contribution in [1.29, 1.82) is 0 Å². The van der Waals surface area contributed by atoms with Gasteiger partial charge in [-0.05, 0) is 55.0 Å². The Morgan fingerprint density at radius 1 is 1.04 bits per heavy atom. The van der Waals surface area contributed by atoms with Gasteiger partial charge in [-0.2, -0.15) is 4.31 Å². The maximum absolute atomic E-state index is 12.6. The molecule has 0 atom stereocenters. The van der Waals surface area contributed by atoms with E-state index in [0.29, 0.717) is 31.6 Å². The van der Waals surface area contributed by atoms with Gasteiger partial charge in [-0.3, -0.25) is 4.79 Å². The molecule has 0 saturated carbocycles. The van der Waals surface area contributed by atoms with Crippen LogP contribution in [0.3, 0.4) is 0 Å². The van der Waals surface area contributed by atoms with Gasteiger partial charge >= 0.3 is 0 Å². The highest BCUT2D eigenvalue weighted by Gasteiger charge is 2.27. The van der Waals surface area contributed by atoms with Gasteiger partial charge in [-0.1, -0.05) is 37.3 Å². The van der Waals surface area contributed by atoms with Crippen molar-refractivity contribution in [3.8, 4) is 0 Å². The molecular formula is C21H26N2O3S. The maximum Gasteiger partial charge on any atom is 0.243 e. The molecule has 3 rings (SSSR count). The van der Waals surface area contributed by atoms with Gasteiger partial charge in [0, 0.05) is 25.2 Å². The summed E-state index contributed by atoms with van der Waals surface area (Å²) in [6, 6.07) is 14.8. The number of nitrogens with zero attached hydrogens (tertiary/aromatic N) is 1. The molecule has 0 unspecified atom stereocenters. The van der Waals surface area contributed by atoms with Crippen molar-refractivity contribution < 1.29 is 13.2 Å². The van der Waals surface area contributed by atoms with Crippen LogP contribution in [-0.2, 0) is 27.7 Å². The van der Waals surface area contributed by atoms with Gasteiger partial charge in [0.2, 0.25) is 15.9 Å². The third kappa shape index (κ3) is 4.96. The summed E-state index contributed by atoms with van der Waals surface area (Å²) >= 11 is 0. The third-order valence-corrected chi connectivity index (χ3v) is 6.79. The van der Waals surface area contributed by atoms with E-state index in [9.17, 15) is 13.2 Å². The summed E-state index contributed by atoms with van der Waals surface area (Å²) in [5.74, 6) is -0.120. The summed E-state index contributed by atoms with van der Waals surface area (Å²) in [7, 11) is -3.48. The number of rotatable bonds is 7. The average molecular weight is 387 g/mol. The fourth-order valence-electron chi connectivity index (χ4n) is 3.23. The first-order valence-corrected chi connectivity index (χ1v) is 10.9. The number of amides is 1. The molecule has 2 aromatic rings. The number of anilines is 1. The first-order chi connectivity index (χ1) is 13.0. The standard InChI is InChI=1S/C21H26N2O3S/c1-2-17-8-10-18(11-9-17)12-13-21(24)22-19-6-5-7-20(16-19)27(25,26)23-14-3-4-15-23/h5-11,16H,2-4,12-15H2,1H3,(H,22,24). The second-order valence-electron chi connectivity index (χ2n) is 6.86. The van der Waals surface area contributed by atoms with E-state index < -0.39 is 10.0 Å². The molecule has 5 nitrogen and oxygen atoms in total. The monoisotopic (exact) mass is 386 g/mol. The van der Waals surface area contributed by atoms with Crippen LogP contribution >= 0.6 is 0 Å². The van der Waals surface area contributed by atoms with Crippen molar-refractivity contribution in [3.05, 3.63) is 59.7 Å². The minimum atomic E-state index is -3.48. The smallest absolute Gasteiger partial charge is 0.243 e. The number of nitrogens with one attached hydrogen (secondary N) is 1. The van der Waals surface area contributed by atoms with Crippen LogP contribution in [0.5, 0.6) is 0 Å². The average Bonchev–Trinajstić information content (AvgIpc) is 3.23. The topological polar surface area (TPSA) is 66.5 Å². The molecule has 0 spiro atoms. The van der Waals surface area contributed by atoms with Gasteiger partial charge in [-0.25, -0.2) is 8.42 Å². The summed E-state index contributed by atoms with van der Waals surface area (Å²) in [5, 5.41) is 2.82. The van der Waals surface area contributed by atoms with Crippen molar-refractivity contribution in [2.45, 2.75) is 43.9 Å². The molecule has 0 aromatic heterocycles. The van der Waals surface area contributed by atoms with Crippen LogP contribution in [-0.4, -0.2) is 31.7 Å². The van der Waals surface area contributed by atoms with Gasteiger partial charge in [-0.15, -0.1) is 0 Å². The van der Waals surface area contributed by atoms with Crippen molar-refractivity contribution in [2.75, 3.05) is 18.4 Å². The van der Waals surface area contributed by atoms with E-state index in [1.807, 2.05) is 0 Å². The lowest BCUT2D eigenvalue weighted by atomic mass is 10.1. The minimum Gasteiger partial charge on any atom is -0.326 e. The van der Waals surface area contributed by atoms with E-state index in [-0.39, 0.29) is 10.8 Å². The molecule has 0 bridgehead atoms. The van der Waals surface area contributed by atoms with Gasteiger partial charge in [0.1, 0.15) is 0 Å². The number of benzene rings is 2. The molecule has 1 saturated heterocycles. The number of sulfonamides is 1. The highest BCUT2D eigenvalue weighted by molar-refractivity contribution is 7.89. The van der Waals surface area contributed by atoms with Gasteiger partial charge in [0.05, 0.1) is 4.90 Å². The fourth-order valence-corrected chi connectivity index (χ4v) is 4.80. The highest BCUT2D eigenvalue weighted by Crippen LogP contribution is 2.23. The Labute approximate surface area is 161 Å². The molecule has 1 heterocycles. The highest BCUT2D eigenvalue weighted by atomic mass is 32.2. The van der Waals surface area contributed by atoms with Crippen LogP contribution in [0.4, 0.5) is 5.69 Å². The van der Waals surface area contributed by atoms with Crippen LogP contribution in [0, 0.1) is 0 Å². The number of aryl methyl sites for hydroxylation is 2. The SMILES string of the molecule is CCc1ccc(CCC(=O)Nc2cccc(S(=O)(=O)N3CCCC3)c2)cc1. The van der Waals surface area contributed by atoms with Crippen molar-refractivity contribution in [3.63, 3.8) is 0 Å². The number of hydrogen-bond donors (Lipinski definition) is 1. The maximum atomic E-state index is 12.6. The fraction of sp³-hybridized carbons (Fsp3) is 0.381. The van der Waals surface area contributed by atoms with Crippen LogP contribution in [0.2, 0.25) is 0 Å². The van der Waals surface area contributed by atoms with Gasteiger partial charge < -0.3 is 5.32 Å². The Morgan fingerprint density at radius 2 is 1.70 bits per heavy atom. The predicted molar refractivity (Wildman–Crippen MR) is 107 cm³/mol. The molecule has 0 aliphatic carbocycles. The van der Waals surface area contributed by atoms with E-state index in [4.69, 9.17) is 0 Å². The van der Waals surface area contributed by atoms with Crippen molar-refractivity contribution in [2.24, 2.45) is 0 Å². The Balaban J connectivity index is 1.60. The lowest BCUT2D eigenvalue weighted by Gasteiger charge is -2.16. The molecule has 27 heavy (non-hydrogen) atoms. The number of carbonyl (C=O) groups excluding carboxylic acids is 1. The Hall–Kier alpha value is -2.18. The second kappa shape index (κ2) is 8.67. The van der Waals surface area contributed by atoms with Crippen molar-refractivity contribution >= 4 is 21.6 Å². The molecule has 2 aromatic carbocycles. The molecule has 0 radical (unpaired) electrons. The summed E-state index contributed by atoms with van der Waals surface area (Å²) in [5.41, 5.74) is 2.91. The predicted octanol–water partition coefficient (Wildman–Crippen LogP) is 3.60. The second-order valence-corrected chi connectivity index (χ2v) is 8.80. The van der Waals surface area contributed by atoms with Gasteiger partial charge in [0.25, 0.3) is 0 Å². The van der Waals surface area contributed by atoms with E-state index in [1.54, 1.807) is 24.3 Å². The molecule has 1 amide bonds. The normalized spacial score (nSPS) is 15.0. The molecule has 1 aliphatic heterocycles. The number of carbonyl (C=O) groups is 1. The molecule has 1 fully saturated rings. The first-order valence-electron chi connectivity index (χ1n) is 9.47. The summed E-state index contributed by atoms with van der Waals surface area (Å²) in [6.07, 6.45) is 3.80. The third-order valence-electron chi connectivity index (χ3n) is 4.89. The number of hydrogen-bond acceptors (Lipinski definition) is 3. The Bertz CT molecular complexity index is 886. The van der Waals surface area contributed by atoms with E-state index >= 15 is 0 Å². The Morgan fingerprint density at radius 3 is 2.37 bits per heavy atom. The van der Waals surface area contributed by atoms with Crippen LogP contribution < -0.4 is 5.32 Å². The zero-order valence-electron chi connectivity index (χ0n) is 15.6. The lowest BCUT2D eigenvalue weighted by molar-refractivity contribution is -0.116. The van der Waals surface area contributed by atoms with Crippen molar-refractivity contribution in [1.82, 2.24) is 4.31 Å². The quantitative estimate of drug-likeness (QED) is 0.791. The minimum absolute atomic E-state index is 0.120. The van der Waals surface area contributed by atoms with Gasteiger partial charge in [0.15, 0.2) is 0 Å². The Kier molecular flexibility index (Phi) is 6.29.